The molecule has 5 nitrogen and oxygen atoms in total. The summed E-state index contributed by atoms with van der Waals surface area (Å²) in [4.78, 5) is 10.0. The van der Waals surface area contributed by atoms with Gasteiger partial charge in [-0.25, -0.2) is 4.98 Å². The number of hydrogen-bond acceptors (Lipinski definition) is 2. The molecule has 0 bridgehead atoms. The molecule has 0 amide bonds. The van der Waals surface area contributed by atoms with E-state index >= 15 is 0 Å². The zero-order chi connectivity index (χ0) is 8.69. The van der Waals surface area contributed by atoms with Crippen LogP contribution in [0.4, 0.5) is 0 Å². The van der Waals surface area contributed by atoms with Crippen molar-refractivity contribution in [3.8, 4) is 0 Å². The quantitative estimate of drug-likeness (QED) is 0.352. The number of H-pyrrole nitrogens is 1. The summed E-state index contributed by atoms with van der Waals surface area (Å²) in [6.45, 7) is 1.97. The SMILES string of the molecule is CN=C(N)N.Cc1cnc[nH]1. The van der Waals surface area contributed by atoms with Crippen LogP contribution in [-0.4, -0.2) is 23.0 Å². The molecule has 0 aliphatic rings. The van der Waals surface area contributed by atoms with E-state index < -0.39 is 0 Å². The Morgan fingerprint density at radius 1 is 1.64 bits per heavy atom. The minimum Gasteiger partial charge on any atom is -0.370 e. The molecule has 1 heterocycles. The van der Waals surface area contributed by atoms with Crippen LogP contribution in [0.5, 0.6) is 0 Å². The summed E-state index contributed by atoms with van der Waals surface area (Å²) in [5.74, 6) is 0.130. The predicted molar refractivity (Wildman–Crippen MR) is 45.1 cm³/mol. The number of nitrogens with two attached hydrogens (primary N) is 2. The molecular formula is C6H13N5. The first-order chi connectivity index (χ1) is 5.16. The first-order valence-electron chi connectivity index (χ1n) is 3.09. The first-order valence-corrected chi connectivity index (χ1v) is 3.09. The molecule has 11 heavy (non-hydrogen) atoms. The van der Waals surface area contributed by atoms with Gasteiger partial charge in [-0.05, 0) is 6.92 Å². The van der Waals surface area contributed by atoms with Crippen molar-refractivity contribution >= 4 is 5.96 Å². The summed E-state index contributed by atoms with van der Waals surface area (Å²) in [6, 6.07) is 0. The summed E-state index contributed by atoms with van der Waals surface area (Å²) >= 11 is 0. The van der Waals surface area contributed by atoms with E-state index in [1.54, 1.807) is 12.5 Å². The average Bonchev–Trinajstić information content (AvgIpc) is 2.41. The van der Waals surface area contributed by atoms with E-state index in [1.807, 2.05) is 6.92 Å². The fraction of sp³-hybridized carbons (Fsp3) is 0.333. The van der Waals surface area contributed by atoms with Crippen LogP contribution in [0.15, 0.2) is 17.5 Å². The van der Waals surface area contributed by atoms with Crippen molar-refractivity contribution in [3.05, 3.63) is 18.2 Å². The smallest absolute Gasteiger partial charge is 0.185 e. The van der Waals surface area contributed by atoms with Crippen molar-refractivity contribution in [2.45, 2.75) is 6.92 Å². The first kappa shape index (κ1) is 9.48. The molecule has 0 aromatic carbocycles. The number of aryl methyl sites for hydroxylation is 1. The third kappa shape index (κ3) is 6.36. The van der Waals surface area contributed by atoms with Gasteiger partial charge in [-0.3, -0.25) is 4.99 Å². The van der Waals surface area contributed by atoms with Gasteiger partial charge in [0.1, 0.15) is 0 Å². The van der Waals surface area contributed by atoms with Gasteiger partial charge in [0.15, 0.2) is 5.96 Å². The molecule has 0 atom stereocenters. The number of nitrogens with zero attached hydrogens (tertiary/aromatic N) is 2. The van der Waals surface area contributed by atoms with Gasteiger partial charge < -0.3 is 16.5 Å². The molecule has 1 rings (SSSR count). The van der Waals surface area contributed by atoms with Crippen molar-refractivity contribution in [1.29, 1.82) is 0 Å². The Labute approximate surface area is 65.5 Å². The van der Waals surface area contributed by atoms with Crippen LogP contribution in [-0.2, 0) is 0 Å². The van der Waals surface area contributed by atoms with Crippen LogP contribution >= 0.6 is 0 Å². The van der Waals surface area contributed by atoms with Crippen LogP contribution in [0.25, 0.3) is 0 Å². The lowest BCUT2D eigenvalue weighted by Gasteiger charge is -1.77. The minimum atomic E-state index is 0.130. The molecule has 62 valence electrons. The van der Waals surface area contributed by atoms with Crippen LogP contribution in [0.2, 0.25) is 0 Å². The number of guanidine groups is 1. The highest BCUT2D eigenvalue weighted by Gasteiger charge is 1.73. The summed E-state index contributed by atoms with van der Waals surface area (Å²) < 4.78 is 0. The number of rotatable bonds is 0. The Morgan fingerprint density at radius 3 is 2.27 bits per heavy atom. The molecule has 0 spiro atoms. The normalized spacial score (nSPS) is 7.82. The standard InChI is InChI=1S/C4H6N2.C2H7N3/c1-4-2-5-3-6-4;1-5-2(3)4/h2-3H,1H3,(H,5,6);1H3,(H4,3,4,5). The lowest BCUT2D eigenvalue weighted by atomic mass is 10.6. The third-order valence-electron chi connectivity index (χ3n) is 0.893. The fourth-order valence-corrected chi connectivity index (χ4v) is 0.325. The Kier molecular flexibility index (Phi) is 4.55. The lowest BCUT2D eigenvalue weighted by molar-refractivity contribution is 1.25. The van der Waals surface area contributed by atoms with Gasteiger partial charge >= 0.3 is 0 Å². The molecule has 5 heteroatoms. The van der Waals surface area contributed by atoms with E-state index in [0.717, 1.165) is 5.69 Å². The Balaban J connectivity index is 0.000000187. The van der Waals surface area contributed by atoms with E-state index in [4.69, 9.17) is 11.5 Å². The fourth-order valence-electron chi connectivity index (χ4n) is 0.325. The number of hydrogen-bond donors (Lipinski definition) is 3. The van der Waals surface area contributed by atoms with Crippen molar-refractivity contribution < 1.29 is 0 Å². The highest BCUT2D eigenvalue weighted by molar-refractivity contribution is 5.75. The van der Waals surface area contributed by atoms with Crippen LogP contribution in [0.3, 0.4) is 0 Å². The molecular weight excluding hydrogens is 142 g/mol. The van der Waals surface area contributed by atoms with Gasteiger partial charge in [0.25, 0.3) is 0 Å². The second-order valence-electron chi connectivity index (χ2n) is 1.88. The molecule has 0 aliphatic heterocycles. The number of aliphatic imine (C=N–C) groups is 1. The number of aromatic nitrogens is 2. The highest BCUT2D eigenvalue weighted by Crippen LogP contribution is 1.81. The van der Waals surface area contributed by atoms with Crippen LogP contribution in [0.1, 0.15) is 5.69 Å². The van der Waals surface area contributed by atoms with Gasteiger partial charge in [0.2, 0.25) is 0 Å². The molecule has 0 saturated carbocycles. The second kappa shape index (κ2) is 5.28. The zero-order valence-electron chi connectivity index (χ0n) is 6.70. The monoisotopic (exact) mass is 155 g/mol. The number of nitrogens with one attached hydrogen (secondary N) is 1. The highest BCUT2D eigenvalue weighted by atomic mass is 15.0. The maximum atomic E-state index is 4.82. The maximum Gasteiger partial charge on any atom is 0.185 e. The number of imidazole rings is 1. The van der Waals surface area contributed by atoms with Gasteiger partial charge in [0, 0.05) is 18.9 Å². The summed E-state index contributed by atoms with van der Waals surface area (Å²) in [5.41, 5.74) is 10.7. The minimum absolute atomic E-state index is 0.130. The topological polar surface area (TPSA) is 93.1 Å². The molecule has 0 aliphatic carbocycles. The van der Waals surface area contributed by atoms with Crippen molar-refractivity contribution in [3.63, 3.8) is 0 Å². The van der Waals surface area contributed by atoms with Crippen LogP contribution < -0.4 is 11.5 Å². The summed E-state index contributed by atoms with van der Waals surface area (Å²) in [5, 5.41) is 0. The van der Waals surface area contributed by atoms with Gasteiger partial charge in [-0.2, -0.15) is 0 Å². The predicted octanol–water partition coefficient (Wildman–Crippen LogP) is -0.392. The molecule has 1 aromatic heterocycles. The molecule has 0 unspecified atom stereocenters. The van der Waals surface area contributed by atoms with E-state index in [1.165, 1.54) is 7.05 Å². The van der Waals surface area contributed by atoms with Crippen LogP contribution in [0, 0.1) is 6.92 Å². The van der Waals surface area contributed by atoms with E-state index in [-0.39, 0.29) is 5.96 Å². The Hall–Kier alpha value is -1.52. The van der Waals surface area contributed by atoms with Crippen molar-refractivity contribution in [2.75, 3.05) is 7.05 Å². The third-order valence-corrected chi connectivity index (χ3v) is 0.893. The summed E-state index contributed by atoms with van der Waals surface area (Å²) in [7, 11) is 1.54. The van der Waals surface area contributed by atoms with Gasteiger partial charge in [-0.1, -0.05) is 0 Å². The Bertz CT molecular complexity index is 197. The molecule has 1 aromatic rings. The molecule has 0 saturated heterocycles. The number of aromatic amines is 1. The maximum absolute atomic E-state index is 4.82. The van der Waals surface area contributed by atoms with E-state index in [0.29, 0.717) is 0 Å². The van der Waals surface area contributed by atoms with Crippen molar-refractivity contribution in [1.82, 2.24) is 9.97 Å². The second-order valence-corrected chi connectivity index (χ2v) is 1.88. The lowest BCUT2D eigenvalue weighted by Crippen LogP contribution is -2.21. The van der Waals surface area contributed by atoms with Gasteiger partial charge in [-0.15, -0.1) is 0 Å². The van der Waals surface area contributed by atoms with E-state index in [9.17, 15) is 0 Å². The Morgan fingerprint density at radius 2 is 2.18 bits per heavy atom. The van der Waals surface area contributed by atoms with E-state index in [2.05, 4.69) is 15.0 Å². The van der Waals surface area contributed by atoms with Gasteiger partial charge in [0.05, 0.1) is 6.33 Å². The van der Waals surface area contributed by atoms with Crippen molar-refractivity contribution in [2.24, 2.45) is 16.5 Å². The molecule has 0 fully saturated rings. The molecule has 5 N–H and O–H groups in total. The molecule has 0 radical (unpaired) electrons. The average molecular weight is 155 g/mol. The summed E-state index contributed by atoms with van der Waals surface area (Å²) in [6.07, 6.45) is 3.44. The largest absolute Gasteiger partial charge is 0.370 e. The zero-order valence-corrected chi connectivity index (χ0v) is 6.70.